The largest absolute Gasteiger partial charge is 0.227 e. The molecule has 2 aliphatic rings. The Morgan fingerprint density at radius 2 is 1.67 bits per heavy atom. The Labute approximate surface area is 90.2 Å². The van der Waals surface area contributed by atoms with Crippen LogP contribution in [0.25, 0.3) is 0 Å². The summed E-state index contributed by atoms with van der Waals surface area (Å²) in [5.74, 6) is -0.866. The van der Waals surface area contributed by atoms with Crippen molar-refractivity contribution in [1.29, 1.82) is 0 Å². The molecule has 6 heteroatoms. The zero-order valence-electron chi connectivity index (χ0n) is 8.35. The summed E-state index contributed by atoms with van der Waals surface area (Å²) in [5.41, 5.74) is 0. The lowest BCUT2D eigenvalue weighted by molar-refractivity contribution is 0.523. The van der Waals surface area contributed by atoms with E-state index in [0.29, 0.717) is 12.8 Å². The van der Waals surface area contributed by atoms with Gasteiger partial charge in [-0.3, -0.25) is 0 Å². The van der Waals surface area contributed by atoms with Crippen LogP contribution in [0.1, 0.15) is 19.3 Å². The van der Waals surface area contributed by atoms with Crippen LogP contribution in [0.3, 0.4) is 0 Å². The van der Waals surface area contributed by atoms with Crippen molar-refractivity contribution in [3.63, 3.8) is 0 Å². The number of hydrogen-bond donors (Lipinski definition) is 0. The number of sulfone groups is 2. The molecule has 0 bridgehead atoms. The van der Waals surface area contributed by atoms with Gasteiger partial charge in [-0.2, -0.15) is 0 Å². The van der Waals surface area contributed by atoms with Gasteiger partial charge >= 0.3 is 0 Å². The minimum atomic E-state index is -3.51. The molecule has 86 valence electrons. The van der Waals surface area contributed by atoms with E-state index in [9.17, 15) is 16.8 Å². The molecule has 1 saturated carbocycles. The summed E-state index contributed by atoms with van der Waals surface area (Å²) in [4.78, 5) is 0. The fraction of sp³-hybridized carbons (Fsp3) is 0.778. The van der Waals surface area contributed by atoms with Crippen LogP contribution < -0.4 is 0 Å². The zero-order valence-corrected chi connectivity index (χ0v) is 9.98. The molecule has 2 fully saturated rings. The summed E-state index contributed by atoms with van der Waals surface area (Å²) in [7, 11) is -7.03. The van der Waals surface area contributed by atoms with E-state index in [1.807, 2.05) is 0 Å². The van der Waals surface area contributed by atoms with Crippen LogP contribution in [0.5, 0.6) is 0 Å². The molecule has 0 amide bonds. The van der Waals surface area contributed by atoms with Gasteiger partial charge in [-0.25, -0.2) is 16.8 Å². The van der Waals surface area contributed by atoms with Crippen LogP contribution in [0, 0.1) is 5.92 Å². The monoisotopic (exact) mass is 250 g/mol. The molecule has 0 N–H and O–H groups in total. The van der Waals surface area contributed by atoms with Gasteiger partial charge in [0.05, 0.1) is 11.5 Å². The second-order valence-corrected chi connectivity index (χ2v) is 9.17. The lowest BCUT2D eigenvalue weighted by Crippen LogP contribution is -2.43. The summed E-state index contributed by atoms with van der Waals surface area (Å²) < 4.78 is 46.2. The van der Waals surface area contributed by atoms with E-state index < -0.39 is 29.7 Å². The maximum Gasteiger partial charge on any atom is 0.179 e. The highest BCUT2D eigenvalue weighted by Gasteiger charge is 2.64. The van der Waals surface area contributed by atoms with E-state index in [0.717, 1.165) is 0 Å². The van der Waals surface area contributed by atoms with E-state index in [2.05, 4.69) is 6.58 Å². The van der Waals surface area contributed by atoms with Crippen LogP contribution in [0.15, 0.2) is 12.7 Å². The third-order valence-corrected chi connectivity index (χ3v) is 9.95. The fourth-order valence-electron chi connectivity index (χ4n) is 2.80. The van der Waals surface area contributed by atoms with Crippen LogP contribution in [-0.2, 0) is 19.7 Å². The number of rotatable bonds is 1. The molecule has 1 aliphatic heterocycles. The summed E-state index contributed by atoms with van der Waals surface area (Å²) in [6, 6.07) is 0. The minimum absolute atomic E-state index is 0.223. The highest BCUT2D eigenvalue weighted by Crippen LogP contribution is 2.50. The molecule has 0 aromatic rings. The average Bonchev–Trinajstić information content (AvgIpc) is 2.66. The topological polar surface area (TPSA) is 68.3 Å². The number of hydrogen-bond acceptors (Lipinski definition) is 4. The van der Waals surface area contributed by atoms with Gasteiger partial charge in [0, 0.05) is 5.92 Å². The maximum atomic E-state index is 11.9. The van der Waals surface area contributed by atoms with Crippen LogP contribution >= 0.6 is 0 Å². The molecule has 1 unspecified atom stereocenters. The fourth-order valence-corrected chi connectivity index (χ4v) is 9.56. The van der Waals surface area contributed by atoms with Crippen molar-refractivity contribution in [3.05, 3.63) is 12.7 Å². The molecule has 1 spiro atoms. The van der Waals surface area contributed by atoms with Crippen molar-refractivity contribution in [2.24, 2.45) is 5.92 Å². The summed E-state index contributed by atoms with van der Waals surface area (Å²) in [6.45, 7) is 3.56. The third kappa shape index (κ3) is 1.18. The Hall–Kier alpha value is -0.360. The lowest BCUT2D eigenvalue weighted by atomic mass is 10.1. The summed E-state index contributed by atoms with van der Waals surface area (Å²) >= 11 is 0. The zero-order chi connectivity index (χ0) is 11.3. The first-order valence-corrected chi connectivity index (χ1v) is 8.25. The third-order valence-electron chi connectivity index (χ3n) is 3.56. The Bertz CT molecular complexity index is 452. The first-order chi connectivity index (χ1) is 6.87. The lowest BCUT2D eigenvalue weighted by Gasteiger charge is -2.26. The average molecular weight is 250 g/mol. The quantitative estimate of drug-likeness (QED) is 0.636. The van der Waals surface area contributed by atoms with E-state index in [1.54, 1.807) is 0 Å². The Balaban J connectivity index is 2.71. The van der Waals surface area contributed by atoms with Crippen molar-refractivity contribution in [2.45, 2.75) is 23.3 Å². The predicted molar refractivity (Wildman–Crippen MR) is 57.8 cm³/mol. The van der Waals surface area contributed by atoms with Crippen molar-refractivity contribution >= 4 is 19.7 Å². The SMILES string of the molecule is C=CC1CCCC12S(=O)(=O)CCS2(=O)=O. The predicted octanol–water partition coefficient (Wildman–Crippen LogP) is 0.512. The Kier molecular flexibility index (Phi) is 2.28. The molecule has 15 heavy (non-hydrogen) atoms. The molecular formula is C9H14O4S2. The van der Waals surface area contributed by atoms with E-state index in [1.165, 1.54) is 6.08 Å². The van der Waals surface area contributed by atoms with Gasteiger partial charge in [0.1, 0.15) is 0 Å². The van der Waals surface area contributed by atoms with Crippen LogP contribution in [-0.4, -0.2) is 32.4 Å². The van der Waals surface area contributed by atoms with Crippen LogP contribution in [0.4, 0.5) is 0 Å². The van der Waals surface area contributed by atoms with Gasteiger partial charge in [0.25, 0.3) is 0 Å². The van der Waals surface area contributed by atoms with Gasteiger partial charge in [0.2, 0.25) is 0 Å². The second-order valence-electron chi connectivity index (χ2n) is 4.18. The van der Waals surface area contributed by atoms with Crippen molar-refractivity contribution in [2.75, 3.05) is 11.5 Å². The van der Waals surface area contributed by atoms with Crippen molar-refractivity contribution in [1.82, 2.24) is 0 Å². The van der Waals surface area contributed by atoms with Gasteiger partial charge in [-0.05, 0) is 12.8 Å². The molecule has 1 aliphatic carbocycles. The van der Waals surface area contributed by atoms with Gasteiger partial charge < -0.3 is 0 Å². The van der Waals surface area contributed by atoms with Gasteiger partial charge in [-0.15, -0.1) is 6.58 Å². The van der Waals surface area contributed by atoms with E-state index in [-0.39, 0.29) is 17.9 Å². The number of allylic oxidation sites excluding steroid dienone is 1. The summed E-state index contributed by atoms with van der Waals surface area (Å²) in [6.07, 6.45) is 3.00. The van der Waals surface area contributed by atoms with E-state index in [4.69, 9.17) is 0 Å². The molecule has 0 radical (unpaired) electrons. The molecular weight excluding hydrogens is 236 g/mol. The molecule has 0 aromatic heterocycles. The highest BCUT2D eigenvalue weighted by molar-refractivity contribution is 8.13. The molecule has 1 saturated heterocycles. The van der Waals surface area contributed by atoms with Gasteiger partial charge in [-0.1, -0.05) is 12.5 Å². The van der Waals surface area contributed by atoms with Crippen molar-refractivity contribution in [3.8, 4) is 0 Å². The maximum absolute atomic E-state index is 11.9. The van der Waals surface area contributed by atoms with E-state index >= 15 is 0 Å². The minimum Gasteiger partial charge on any atom is -0.227 e. The Morgan fingerprint density at radius 1 is 1.13 bits per heavy atom. The summed E-state index contributed by atoms with van der Waals surface area (Å²) in [5, 5.41) is 0. The van der Waals surface area contributed by atoms with Crippen molar-refractivity contribution < 1.29 is 16.8 Å². The first-order valence-electron chi connectivity index (χ1n) is 4.94. The molecule has 1 heterocycles. The smallest absolute Gasteiger partial charge is 0.179 e. The molecule has 2 rings (SSSR count). The highest BCUT2D eigenvalue weighted by atomic mass is 32.3. The van der Waals surface area contributed by atoms with Crippen LogP contribution in [0.2, 0.25) is 0 Å². The standard InChI is InChI=1S/C9H14O4S2/c1-2-8-4-3-5-9(8)14(10,11)6-7-15(9,12)13/h2,8H,1,3-7H2. The molecule has 0 aromatic carbocycles. The first kappa shape index (κ1) is 11.1. The molecule has 1 atom stereocenters. The second kappa shape index (κ2) is 3.07. The Morgan fingerprint density at radius 3 is 2.13 bits per heavy atom. The normalized spacial score (nSPS) is 35.6. The van der Waals surface area contributed by atoms with Gasteiger partial charge in [0.15, 0.2) is 23.8 Å². The molecule has 4 nitrogen and oxygen atoms in total.